The van der Waals surface area contributed by atoms with Gasteiger partial charge in [-0.25, -0.2) is 9.48 Å². The van der Waals surface area contributed by atoms with Gasteiger partial charge in [-0.05, 0) is 38.0 Å². The van der Waals surface area contributed by atoms with Gasteiger partial charge in [0.05, 0.1) is 22.0 Å². The van der Waals surface area contributed by atoms with Gasteiger partial charge in [-0.15, -0.1) is 0 Å². The van der Waals surface area contributed by atoms with Crippen LogP contribution in [0.1, 0.15) is 43.4 Å². The minimum Gasteiger partial charge on any atom is -0.323 e. The summed E-state index contributed by atoms with van der Waals surface area (Å²) in [6, 6.07) is 3.58. The highest BCUT2D eigenvalue weighted by molar-refractivity contribution is 6.32. The second kappa shape index (κ2) is 8.36. The van der Waals surface area contributed by atoms with Crippen LogP contribution in [0.25, 0.3) is 5.69 Å². The Morgan fingerprint density at radius 2 is 1.91 bits per heavy atom. The summed E-state index contributed by atoms with van der Waals surface area (Å²) in [5.41, 5.74) is -1.55. The minimum absolute atomic E-state index is 0.00469. The van der Waals surface area contributed by atoms with E-state index in [2.05, 4.69) is 15.7 Å². The number of urea groups is 1. The number of carbonyl (C=O) groups is 3. The van der Waals surface area contributed by atoms with E-state index in [1.807, 2.05) is 0 Å². The van der Waals surface area contributed by atoms with E-state index in [1.54, 1.807) is 6.92 Å². The number of amides is 4. The first kappa shape index (κ1) is 23.1. The maximum Gasteiger partial charge on any atom is 0.416 e. The first-order chi connectivity index (χ1) is 15.5. The minimum atomic E-state index is -4.59. The van der Waals surface area contributed by atoms with Crippen LogP contribution in [0.3, 0.4) is 0 Å². The molecule has 2 fully saturated rings. The number of imide groups is 1. The molecule has 0 radical (unpaired) electrons. The first-order valence-corrected chi connectivity index (χ1v) is 10.8. The van der Waals surface area contributed by atoms with Gasteiger partial charge in [-0.3, -0.25) is 14.5 Å². The lowest BCUT2D eigenvalue weighted by Gasteiger charge is -2.30. The van der Waals surface area contributed by atoms with Crippen LogP contribution in [0, 0.1) is 6.92 Å². The van der Waals surface area contributed by atoms with E-state index in [4.69, 9.17) is 11.6 Å². The highest BCUT2D eigenvalue weighted by Crippen LogP contribution is 2.35. The molecule has 0 bridgehead atoms. The highest BCUT2D eigenvalue weighted by Gasteiger charge is 2.51. The van der Waals surface area contributed by atoms with Gasteiger partial charge < -0.3 is 10.6 Å². The molecule has 0 atom stereocenters. The molecule has 1 aliphatic carbocycles. The van der Waals surface area contributed by atoms with E-state index in [0.29, 0.717) is 18.5 Å². The quantitative estimate of drug-likeness (QED) is 0.641. The van der Waals surface area contributed by atoms with Crippen LogP contribution in [-0.2, 0) is 15.8 Å². The van der Waals surface area contributed by atoms with Crippen molar-refractivity contribution >= 4 is 35.3 Å². The van der Waals surface area contributed by atoms with Crippen molar-refractivity contribution < 1.29 is 27.6 Å². The lowest BCUT2D eigenvalue weighted by atomic mass is 9.82. The molecule has 1 saturated carbocycles. The molecule has 1 aromatic heterocycles. The number of hydrogen-bond acceptors (Lipinski definition) is 4. The number of carbonyl (C=O) groups excluding carboxylic acids is 3. The summed E-state index contributed by atoms with van der Waals surface area (Å²) < 4.78 is 40.6. The van der Waals surface area contributed by atoms with Gasteiger partial charge in [0, 0.05) is 6.07 Å². The van der Waals surface area contributed by atoms with Crippen molar-refractivity contribution in [3.8, 4) is 5.69 Å². The molecule has 8 nitrogen and oxygen atoms in total. The van der Waals surface area contributed by atoms with Crippen molar-refractivity contribution in [2.75, 3.05) is 11.9 Å². The molecule has 1 spiro atoms. The number of rotatable bonds is 4. The predicted molar refractivity (Wildman–Crippen MR) is 113 cm³/mol. The molecule has 1 aromatic carbocycles. The molecule has 33 heavy (non-hydrogen) atoms. The summed E-state index contributed by atoms with van der Waals surface area (Å²) in [4.78, 5) is 38.8. The molecule has 2 heterocycles. The molecule has 0 unspecified atom stereocenters. The Morgan fingerprint density at radius 3 is 2.58 bits per heavy atom. The Bertz CT molecular complexity index is 1120. The van der Waals surface area contributed by atoms with Gasteiger partial charge in [-0.2, -0.15) is 18.3 Å². The van der Waals surface area contributed by atoms with Crippen LogP contribution in [0.4, 0.5) is 23.8 Å². The number of nitrogens with zero attached hydrogens (tertiary/aromatic N) is 3. The topological polar surface area (TPSA) is 96.3 Å². The van der Waals surface area contributed by atoms with Crippen LogP contribution in [0.2, 0.25) is 5.02 Å². The number of aryl methyl sites for hydroxylation is 1. The molecular weight excluding hydrogens is 463 g/mol. The third-order valence-corrected chi connectivity index (χ3v) is 6.18. The number of nitrogens with one attached hydrogen (secondary N) is 2. The first-order valence-electron chi connectivity index (χ1n) is 10.4. The van der Waals surface area contributed by atoms with Crippen molar-refractivity contribution in [3.05, 3.63) is 40.5 Å². The number of anilines is 1. The second-order valence-corrected chi connectivity index (χ2v) is 8.67. The van der Waals surface area contributed by atoms with Crippen molar-refractivity contribution in [2.24, 2.45) is 0 Å². The molecule has 4 amide bonds. The third kappa shape index (κ3) is 4.41. The lowest BCUT2D eigenvalue weighted by Crippen LogP contribution is -2.48. The van der Waals surface area contributed by atoms with Crippen LogP contribution < -0.4 is 10.6 Å². The standard InChI is InChI=1S/C21H21ClF3N5O3/c1-12-9-16(30(28-12)15-10-13(21(23,24)25)5-6-14(15)22)26-17(31)11-29-18(32)20(27-19(29)33)7-3-2-4-8-20/h5-6,9-10H,2-4,7-8,11H2,1H3,(H,26,31)(H,27,33). The lowest BCUT2D eigenvalue weighted by molar-refractivity contribution is -0.137. The normalized spacial score (nSPS) is 18.0. The van der Waals surface area contributed by atoms with E-state index >= 15 is 0 Å². The number of alkyl halides is 3. The molecular formula is C21H21ClF3N5O3. The van der Waals surface area contributed by atoms with Crippen LogP contribution in [0.5, 0.6) is 0 Å². The van der Waals surface area contributed by atoms with Crippen molar-refractivity contribution in [1.29, 1.82) is 0 Å². The van der Waals surface area contributed by atoms with E-state index in [1.165, 1.54) is 6.07 Å². The van der Waals surface area contributed by atoms with Gasteiger partial charge in [0.1, 0.15) is 17.9 Å². The Kier molecular flexibility index (Phi) is 5.85. The van der Waals surface area contributed by atoms with Crippen LogP contribution in [-0.4, -0.2) is 44.6 Å². The predicted octanol–water partition coefficient (Wildman–Crippen LogP) is 4.05. The van der Waals surface area contributed by atoms with Crippen molar-refractivity contribution in [1.82, 2.24) is 20.0 Å². The smallest absolute Gasteiger partial charge is 0.323 e. The summed E-state index contributed by atoms with van der Waals surface area (Å²) in [5.74, 6) is -1.08. The number of aromatic nitrogens is 2. The fourth-order valence-corrected chi connectivity index (χ4v) is 4.46. The Morgan fingerprint density at radius 1 is 1.21 bits per heavy atom. The van der Waals surface area contributed by atoms with Gasteiger partial charge in [0.2, 0.25) is 5.91 Å². The zero-order chi connectivity index (χ0) is 24.0. The van der Waals surface area contributed by atoms with E-state index in [0.717, 1.165) is 47.0 Å². The average Bonchev–Trinajstić information content (AvgIpc) is 3.20. The maximum absolute atomic E-state index is 13.2. The fourth-order valence-electron chi connectivity index (χ4n) is 4.26. The summed E-state index contributed by atoms with van der Waals surface area (Å²) in [7, 11) is 0. The van der Waals surface area contributed by atoms with Crippen LogP contribution >= 0.6 is 11.6 Å². The average molecular weight is 484 g/mol. The fraction of sp³-hybridized carbons (Fsp3) is 0.429. The number of benzene rings is 1. The molecule has 2 N–H and O–H groups in total. The molecule has 2 aliphatic rings. The van der Waals surface area contributed by atoms with E-state index < -0.39 is 41.7 Å². The SMILES string of the molecule is Cc1cc(NC(=O)CN2C(=O)NC3(CCCCC3)C2=O)n(-c2cc(C(F)(F)F)ccc2Cl)n1. The summed E-state index contributed by atoms with van der Waals surface area (Å²) in [6.45, 7) is 1.06. The van der Waals surface area contributed by atoms with E-state index in [-0.39, 0.29) is 16.5 Å². The Balaban J connectivity index is 1.55. The number of halogens is 4. The summed E-state index contributed by atoms with van der Waals surface area (Å²) >= 11 is 6.11. The largest absolute Gasteiger partial charge is 0.416 e. The maximum atomic E-state index is 13.2. The van der Waals surface area contributed by atoms with Gasteiger partial charge in [-0.1, -0.05) is 30.9 Å². The molecule has 4 rings (SSSR count). The molecule has 12 heteroatoms. The Labute approximate surface area is 192 Å². The van der Waals surface area contributed by atoms with Gasteiger partial charge >= 0.3 is 12.2 Å². The molecule has 2 aromatic rings. The zero-order valence-electron chi connectivity index (χ0n) is 17.6. The summed E-state index contributed by atoms with van der Waals surface area (Å²) in [5, 5.41) is 9.38. The third-order valence-electron chi connectivity index (χ3n) is 5.86. The van der Waals surface area contributed by atoms with Gasteiger partial charge in [0.15, 0.2) is 0 Å². The number of hydrogen-bond donors (Lipinski definition) is 2. The summed E-state index contributed by atoms with van der Waals surface area (Å²) in [6.07, 6.45) is -0.952. The Hall–Kier alpha value is -3.08. The highest BCUT2D eigenvalue weighted by atomic mass is 35.5. The van der Waals surface area contributed by atoms with Gasteiger partial charge in [0.25, 0.3) is 5.91 Å². The monoisotopic (exact) mass is 483 g/mol. The van der Waals surface area contributed by atoms with Crippen molar-refractivity contribution in [2.45, 2.75) is 50.7 Å². The van der Waals surface area contributed by atoms with Crippen LogP contribution in [0.15, 0.2) is 24.3 Å². The zero-order valence-corrected chi connectivity index (χ0v) is 18.4. The van der Waals surface area contributed by atoms with E-state index in [9.17, 15) is 27.6 Å². The molecule has 1 saturated heterocycles. The second-order valence-electron chi connectivity index (χ2n) is 8.26. The molecule has 1 aliphatic heterocycles. The molecule has 176 valence electrons. The van der Waals surface area contributed by atoms with Crippen molar-refractivity contribution in [3.63, 3.8) is 0 Å².